The fraction of sp³-hybridized carbons (Fsp3) is 0.200. The molecule has 1 aliphatic rings. The van der Waals surface area contributed by atoms with E-state index in [9.17, 15) is 4.79 Å². The van der Waals surface area contributed by atoms with Gasteiger partial charge < -0.3 is 14.5 Å². The molecule has 0 bridgehead atoms. The summed E-state index contributed by atoms with van der Waals surface area (Å²) in [5, 5.41) is 6.80. The zero-order valence-corrected chi connectivity index (χ0v) is 18.7. The maximum Gasteiger partial charge on any atom is 0.272 e. The van der Waals surface area contributed by atoms with Crippen LogP contribution < -0.4 is 9.64 Å². The van der Waals surface area contributed by atoms with Crippen LogP contribution in [-0.4, -0.2) is 53.9 Å². The van der Waals surface area contributed by atoms with E-state index < -0.39 is 0 Å². The van der Waals surface area contributed by atoms with E-state index in [0.29, 0.717) is 18.8 Å². The second kappa shape index (κ2) is 8.88. The van der Waals surface area contributed by atoms with Crippen LogP contribution >= 0.6 is 11.3 Å². The number of carbonyl (C=O) groups excluding carboxylic acids is 1. The van der Waals surface area contributed by atoms with Gasteiger partial charge in [-0.3, -0.25) is 4.79 Å². The maximum atomic E-state index is 13.5. The molecule has 2 aromatic heterocycles. The van der Waals surface area contributed by atoms with Crippen molar-refractivity contribution < 1.29 is 9.53 Å². The molecule has 0 radical (unpaired) electrons. The normalized spacial score (nSPS) is 13.9. The number of aromatic nitrogens is 2. The van der Waals surface area contributed by atoms with E-state index in [1.54, 1.807) is 23.1 Å². The van der Waals surface area contributed by atoms with Crippen molar-refractivity contribution in [2.24, 2.45) is 0 Å². The zero-order chi connectivity index (χ0) is 21.9. The number of carbonyl (C=O) groups is 1. The van der Waals surface area contributed by atoms with E-state index in [4.69, 9.17) is 9.84 Å². The van der Waals surface area contributed by atoms with Crippen LogP contribution in [0.25, 0.3) is 16.3 Å². The average molecular weight is 445 g/mol. The first-order chi connectivity index (χ1) is 15.7. The highest BCUT2D eigenvalue weighted by molar-refractivity contribution is 7.13. The number of piperazine rings is 1. The lowest BCUT2D eigenvalue weighted by atomic mass is 10.2. The minimum Gasteiger partial charge on any atom is -0.497 e. The summed E-state index contributed by atoms with van der Waals surface area (Å²) in [6.45, 7) is 2.91. The van der Waals surface area contributed by atoms with E-state index in [1.807, 2.05) is 70.9 Å². The predicted octanol–water partition coefficient (Wildman–Crippen LogP) is 4.57. The van der Waals surface area contributed by atoms with E-state index in [0.717, 1.165) is 40.8 Å². The summed E-state index contributed by atoms with van der Waals surface area (Å²) in [7, 11) is 1.67. The van der Waals surface area contributed by atoms with Crippen LogP contribution in [-0.2, 0) is 0 Å². The molecule has 1 fully saturated rings. The third kappa shape index (κ3) is 3.99. The van der Waals surface area contributed by atoms with Crippen LogP contribution in [0.1, 0.15) is 10.5 Å². The molecule has 0 N–H and O–H groups in total. The lowest BCUT2D eigenvalue weighted by Crippen LogP contribution is -2.49. The second-order valence-electron chi connectivity index (χ2n) is 7.62. The number of thiophene rings is 1. The average Bonchev–Trinajstić information content (AvgIpc) is 3.55. The van der Waals surface area contributed by atoms with Crippen LogP contribution in [0.4, 0.5) is 5.69 Å². The molecule has 7 heteroatoms. The van der Waals surface area contributed by atoms with Crippen LogP contribution in [0, 0.1) is 0 Å². The molecule has 4 aromatic rings. The first-order valence-electron chi connectivity index (χ1n) is 10.6. The topological polar surface area (TPSA) is 50.6 Å². The number of rotatable bonds is 5. The highest BCUT2D eigenvalue weighted by Gasteiger charge is 2.26. The third-order valence-electron chi connectivity index (χ3n) is 5.71. The lowest BCUT2D eigenvalue weighted by molar-refractivity contribution is 0.0737. The van der Waals surface area contributed by atoms with Gasteiger partial charge in [0.1, 0.15) is 17.1 Å². The summed E-state index contributed by atoms with van der Waals surface area (Å²) in [5.41, 5.74) is 3.45. The Morgan fingerprint density at radius 1 is 0.906 bits per heavy atom. The van der Waals surface area contributed by atoms with Crippen molar-refractivity contribution >= 4 is 22.9 Å². The van der Waals surface area contributed by atoms with Gasteiger partial charge in [0.15, 0.2) is 0 Å². The van der Waals surface area contributed by atoms with Gasteiger partial charge >= 0.3 is 0 Å². The van der Waals surface area contributed by atoms with Crippen molar-refractivity contribution in [2.45, 2.75) is 0 Å². The largest absolute Gasteiger partial charge is 0.497 e. The minimum absolute atomic E-state index is 0.0125. The van der Waals surface area contributed by atoms with Gasteiger partial charge in [0.25, 0.3) is 5.91 Å². The van der Waals surface area contributed by atoms with Gasteiger partial charge in [-0.15, -0.1) is 11.3 Å². The van der Waals surface area contributed by atoms with Crippen molar-refractivity contribution in [3.8, 4) is 22.0 Å². The third-order valence-corrected chi connectivity index (χ3v) is 6.60. The molecule has 1 saturated heterocycles. The van der Waals surface area contributed by atoms with Crippen LogP contribution in [0.2, 0.25) is 0 Å². The smallest absolute Gasteiger partial charge is 0.272 e. The molecule has 0 spiro atoms. The number of benzene rings is 2. The predicted molar refractivity (Wildman–Crippen MR) is 128 cm³/mol. The molecule has 0 saturated carbocycles. The van der Waals surface area contributed by atoms with Crippen LogP contribution in [0.15, 0.2) is 78.2 Å². The van der Waals surface area contributed by atoms with Gasteiger partial charge in [-0.2, -0.15) is 5.10 Å². The molecule has 1 amide bonds. The summed E-state index contributed by atoms with van der Waals surface area (Å²) in [6.07, 6.45) is 0. The lowest BCUT2D eigenvalue weighted by Gasteiger charge is -2.36. The molecule has 0 unspecified atom stereocenters. The number of hydrogen-bond acceptors (Lipinski definition) is 5. The summed E-state index contributed by atoms with van der Waals surface area (Å²) in [5.74, 6) is 0.858. The molecular weight excluding hydrogens is 420 g/mol. The Morgan fingerprint density at radius 2 is 1.66 bits per heavy atom. The van der Waals surface area contributed by atoms with Crippen molar-refractivity contribution in [2.75, 3.05) is 38.2 Å². The number of amides is 1. The Morgan fingerprint density at radius 3 is 2.31 bits per heavy atom. The van der Waals surface area contributed by atoms with Crippen molar-refractivity contribution in [1.82, 2.24) is 14.7 Å². The number of nitrogens with zero attached hydrogens (tertiary/aromatic N) is 4. The monoisotopic (exact) mass is 444 g/mol. The fourth-order valence-corrected chi connectivity index (χ4v) is 4.65. The number of ether oxygens (including phenoxy) is 1. The minimum atomic E-state index is 0.0125. The van der Waals surface area contributed by atoms with Gasteiger partial charge in [-0.05, 0) is 53.9 Å². The fourth-order valence-electron chi connectivity index (χ4n) is 3.97. The molecule has 0 atom stereocenters. The Balaban J connectivity index is 1.37. The molecule has 2 aromatic carbocycles. The highest BCUT2D eigenvalue weighted by atomic mass is 32.1. The first-order valence-corrected chi connectivity index (χ1v) is 11.5. The van der Waals surface area contributed by atoms with E-state index in [2.05, 4.69) is 17.0 Å². The summed E-state index contributed by atoms with van der Waals surface area (Å²) in [4.78, 5) is 18.8. The van der Waals surface area contributed by atoms with E-state index >= 15 is 0 Å². The van der Waals surface area contributed by atoms with Crippen LogP contribution in [0.5, 0.6) is 5.75 Å². The Kier molecular flexibility index (Phi) is 5.64. The summed E-state index contributed by atoms with van der Waals surface area (Å²) >= 11 is 1.62. The molecule has 1 aliphatic heterocycles. The highest BCUT2D eigenvalue weighted by Crippen LogP contribution is 2.27. The van der Waals surface area contributed by atoms with Gasteiger partial charge in [0.05, 0.1) is 17.7 Å². The van der Waals surface area contributed by atoms with Crippen molar-refractivity contribution in [1.29, 1.82) is 0 Å². The molecule has 5 rings (SSSR count). The molecule has 32 heavy (non-hydrogen) atoms. The maximum absolute atomic E-state index is 13.5. The molecule has 0 aliphatic carbocycles. The first kappa shape index (κ1) is 20.3. The van der Waals surface area contributed by atoms with Gasteiger partial charge in [0, 0.05) is 31.9 Å². The van der Waals surface area contributed by atoms with Gasteiger partial charge in [-0.25, -0.2) is 4.68 Å². The molecular formula is C25H24N4O2S. The Labute approximate surface area is 191 Å². The molecule has 3 heterocycles. The quantitative estimate of drug-likeness (QED) is 0.452. The van der Waals surface area contributed by atoms with Gasteiger partial charge in [0.2, 0.25) is 0 Å². The zero-order valence-electron chi connectivity index (χ0n) is 17.8. The van der Waals surface area contributed by atoms with Crippen LogP contribution in [0.3, 0.4) is 0 Å². The number of hydrogen-bond donors (Lipinski definition) is 0. The van der Waals surface area contributed by atoms with E-state index in [1.165, 1.54) is 0 Å². The Hall–Kier alpha value is -3.58. The summed E-state index contributed by atoms with van der Waals surface area (Å²) < 4.78 is 7.02. The SMILES string of the molecule is COc1ccc(N2CCN(C(=O)c3cc(-c4cccs4)nn3-c3ccccc3)CC2)cc1. The Bertz CT molecular complexity index is 1180. The molecule has 6 nitrogen and oxygen atoms in total. The number of anilines is 1. The standard InChI is InChI=1S/C25H24N4O2S/c1-31-21-11-9-19(10-12-21)27-13-15-28(16-14-27)25(30)23-18-22(24-8-5-17-32-24)26-29(23)20-6-3-2-4-7-20/h2-12,17-18H,13-16H2,1H3. The van der Waals surface area contributed by atoms with Crippen molar-refractivity contribution in [3.63, 3.8) is 0 Å². The van der Waals surface area contributed by atoms with E-state index in [-0.39, 0.29) is 5.91 Å². The van der Waals surface area contributed by atoms with Gasteiger partial charge in [-0.1, -0.05) is 24.3 Å². The molecule has 162 valence electrons. The summed E-state index contributed by atoms with van der Waals surface area (Å²) in [6, 6.07) is 23.9. The number of para-hydroxylation sites is 1. The van der Waals surface area contributed by atoms with Crippen molar-refractivity contribution in [3.05, 3.63) is 83.9 Å². The second-order valence-corrected chi connectivity index (χ2v) is 8.56. The number of methoxy groups -OCH3 is 1.